The third-order valence-corrected chi connectivity index (χ3v) is 5.09. The number of carbonyl (C=O) groups excluding carboxylic acids is 1. The summed E-state index contributed by atoms with van der Waals surface area (Å²) in [6.07, 6.45) is 2.41. The number of aliphatic hydroxyl groups excluding tert-OH is 1. The van der Waals surface area contributed by atoms with Gasteiger partial charge in [-0.05, 0) is 31.2 Å². The van der Waals surface area contributed by atoms with Crippen molar-refractivity contribution in [1.82, 2.24) is 15.1 Å². The Morgan fingerprint density at radius 1 is 1.17 bits per heavy atom. The van der Waals surface area contributed by atoms with Crippen LogP contribution in [-0.4, -0.2) is 66.7 Å². The van der Waals surface area contributed by atoms with E-state index >= 15 is 0 Å². The highest BCUT2D eigenvalue weighted by molar-refractivity contribution is 5.78. The first-order chi connectivity index (χ1) is 11.7. The van der Waals surface area contributed by atoms with Gasteiger partial charge in [0, 0.05) is 32.7 Å². The zero-order chi connectivity index (χ0) is 16.9. The first-order valence-electron chi connectivity index (χ1n) is 9.07. The zero-order valence-corrected chi connectivity index (χ0v) is 14.6. The fourth-order valence-electron chi connectivity index (χ4n) is 3.41. The van der Waals surface area contributed by atoms with Crippen molar-refractivity contribution in [3.05, 3.63) is 35.4 Å². The van der Waals surface area contributed by atoms with Gasteiger partial charge < -0.3 is 10.4 Å². The van der Waals surface area contributed by atoms with E-state index in [9.17, 15) is 4.79 Å². The van der Waals surface area contributed by atoms with Gasteiger partial charge in [-0.15, -0.1) is 0 Å². The van der Waals surface area contributed by atoms with E-state index in [1.54, 1.807) is 0 Å². The van der Waals surface area contributed by atoms with E-state index in [0.29, 0.717) is 12.5 Å². The number of rotatable bonds is 7. The smallest absolute Gasteiger partial charge is 0.234 e. The molecule has 1 atom stereocenters. The van der Waals surface area contributed by atoms with Crippen molar-refractivity contribution in [3.8, 4) is 0 Å². The van der Waals surface area contributed by atoms with E-state index in [4.69, 9.17) is 5.11 Å². The molecule has 1 saturated carbocycles. The van der Waals surface area contributed by atoms with Crippen LogP contribution in [0.15, 0.2) is 24.3 Å². The standard InChI is InChI=1S/C19H29N3O2/c1-15-2-4-16(5-3-15)19(17-6-7-17)20-18(24)14-22-10-8-21(9-11-22)12-13-23/h2-5,17,19,23H,6-14H2,1H3,(H,20,24)/t19-/m0/s1. The minimum Gasteiger partial charge on any atom is -0.395 e. The number of amides is 1. The molecule has 0 radical (unpaired) electrons. The molecule has 1 aromatic carbocycles. The molecule has 0 bridgehead atoms. The first kappa shape index (κ1) is 17.4. The average Bonchev–Trinajstić information content (AvgIpc) is 3.41. The maximum Gasteiger partial charge on any atom is 0.234 e. The van der Waals surface area contributed by atoms with Crippen LogP contribution < -0.4 is 5.32 Å². The highest BCUT2D eigenvalue weighted by Crippen LogP contribution is 2.41. The van der Waals surface area contributed by atoms with Crippen LogP contribution in [0.4, 0.5) is 0 Å². The van der Waals surface area contributed by atoms with Crippen LogP contribution in [-0.2, 0) is 4.79 Å². The van der Waals surface area contributed by atoms with Gasteiger partial charge in [0.05, 0.1) is 19.2 Å². The van der Waals surface area contributed by atoms with Crippen LogP contribution in [0, 0.1) is 12.8 Å². The van der Waals surface area contributed by atoms with Crippen molar-refractivity contribution >= 4 is 5.91 Å². The topological polar surface area (TPSA) is 55.8 Å². The molecule has 1 aromatic rings. The number of nitrogens with zero attached hydrogens (tertiary/aromatic N) is 2. The number of nitrogens with one attached hydrogen (secondary N) is 1. The van der Waals surface area contributed by atoms with E-state index in [1.165, 1.54) is 24.0 Å². The molecule has 5 heteroatoms. The normalized spacial score (nSPS) is 20.8. The Bertz CT molecular complexity index is 534. The summed E-state index contributed by atoms with van der Waals surface area (Å²) >= 11 is 0. The Labute approximate surface area is 144 Å². The summed E-state index contributed by atoms with van der Waals surface area (Å²) in [5.41, 5.74) is 2.48. The summed E-state index contributed by atoms with van der Waals surface area (Å²) in [5.74, 6) is 0.723. The van der Waals surface area contributed by atoms with E-state index in [2.05, 4.69) is 46.3 Å². The number of benzene rings is 1. The second-order valence-electron chi connectivity index (χ2n) is 7.13. The number of hydrogen-bond donors (Lipinski definition) is 2. The zero-order valence-electron chi connectivity index (χ0n) is 14.6. The Balaban J connectivity index is 1.50. The molecule has 0 unspecified atom stereocenters. The molecule has 1 aliphatic carbocycles. The van der Waals surface area contributed by atoms with Crippen LogP contribution in [0.5, 0.6) is 0 Å². The molecule has 0 spiro atoms. The summed E-state index contributed by atoms with van der Waals surface area (Å²) in [6, 6.07) is 8.70. The fourth-order valence-corrected chi connectivity index (χ4v) is 3.41. The summed E-state index contributed by atoms with van der Waals surface area (Å²) < 4.78 is 0. The summed E-state index contributed by atoms with van der Waals surface area (Å²) in [7, 11) is 0. The lowest BCUT2D eigenvalue weighted by atomic mass is 10.0. The Morgan fingerprint density at radius 2 is 1.79 bits per heavy atom. The predicted molar refractivity (Wildman–Crippen MR) is 94.8 cm³/mol. The molecule has 0 aromatic heterocycles. The lowest BCUT2D eigenvalue weighted by Gasteiger charge is -2.34. The number of β-amino-alcohol motifs (C(OH)–C–C–N with tert-alkyl or cyclic N) is 1. The number of hydrogen-bond acceptors (Lipinski definition) is 4. The molecular weight excluding hydrogens is 302 g/mol. The summed E-state index contributed by atoms with van der Waals surface area (Å²) in [4.78, 5) is 16.9. The van der Waals surface area contributed by atoms with Crippen LogP contribution in [0.2, 0.25) is 0 Å². The van der Waals surface area contributed by atoms with Gasteiger partial charge in [0.15, 0.2) is 0 Å². The van der Waals surface area contributed by atoms with Crippen molar-refractivity contribution in [3.63, 3.8) is 0 Å². The molecule has 24 heavy (non-hydrogen) atoms. The molecule has 3 rings (SSSR count). The number of carbonyl (C=O) groups is 1. The third-order valence-electron chi connectivity index (χ3n) is 5.09. The fraction of sp³-hybridized carbons (Fsp3) is 0.632. The number of aliphatic hydroxyl groups is 1. The van der Waals surface area contributed by atoms with Crippen LogP contribution in [0.25, 0.3) is 0 Å². The van der Waals surface area contributed by atoms with Gasteiger partial charge in [0.25, 0.3) is 0 Å². The molecule has 2 aliphatic rings. The molecule has 1 amide bonds. The van der Waals surface area contributed by atoms with Crippen LogP contribution in [0.3, 0.4) is 0 Å². The van der Waals surface area contributed by atoms with Gasteiger partial charge in [0.1, 0.15) is 0 Å². The monoisotopic (exact) mass is 331 g/mol. The lowest BCUT2D eigenvalue weighted by molar-refractivity contribution is -0.123. The van der Waals surface area contributed by atoms with Gasteiger partial charge >= 0.3 is 0 Å². The molecule has 2 fully saturated rings. The second kappa shape index (κ2) is 8.10. The molecule has 1 aliphatic heterocycles. The minimum atomic E-state index is 0.128. The van der Waals surface area contributed by atoms with E-state index < -0.39 is 0 Å². The third kappa shape index (κ3) is 4.79. The van der Waals surface area contributed by atoms with Gasteiger partial charge in [-0.2, -0.15) is 0 Å². The highest BCUT2D eigenvalue weighted by Gasteiger charge is 2.33. The number of aryl methyl sites for hydroxylation is 1. The average molecular weight is 331 g/mol. The molecule has 5 nitrogen and oxygen atoms in total. The minimum absolute atomic E-state index is 0.128. The SMILES string of the molecule is Cc1ccc([C@H](NC(=O)CN2CCN(CCO)CC2)C2CC2)cc1. The molecule has 1 heterocycles. The van der Waals surface area contributed by atoms with Crippen LogP contribution >= 0.6 is 0 Å². The first-order valence-corrected chi connectivity index (χ1v) is 9.07. The molecule has 1 saturated heterocycles. The predicted octanol–water partition coefficient (Wildman–Crippen LogP) is 1.17. The van der Waals surface area contributed by atoms with Gasteiger partial charge in [-0.1, -0.05) is 29.8 Å². The van der Waals surface area contributed by atoms with Crippen molar-refractivity contribution < 1.29 is 9.90 Å². The number of piperazine rings is 1. The quantitative estimate of drug-likeness (QED) is 0.788. The molecule has 2 N–H and O–H groups in total. The van der Waals surface area contributed by atoms with Gasteiger partial charge in [0.2, 0.25) is 5.91 Å². The van der Waals surface area contributed by atoms with Crippen molar-refractivity contribution in [2.45, 2.75) is 25.8 Å². The Morgan fingerprint density at radius 3 is 2.38 bits per heavy atom. The largest absolute Gasteiger partial charge is 0.395 e. The maximum atomic E-state index is 12.5. The van der Waals surface area contributed by atoms with Crippen molar-refractivity contribution in [1.29, 1.82) is 0 Å². The molecule has 132 valence electrons. The Kier molecular flexibility index (Phi) is 5.87. The van der Waals surface area contributed by atoms with Gasteiger partial charge in [-0.25, -0.2) is 0 Å². The highest BCUT2D eigenvalue weighted by atomic mass is 16.3. The van der Waals surface area contributed by atoms with E-state index in [1.807, 2.05) is 0 Å². The van der Waals surface area contributed by atoms with E-state index in [0.717, 1.165) is 32.7 Å². The molecular formula is C19H29N3O2. The lowest BCUT2D eigenvalue weighted by Crippen LogP contribution is -2.50. The van der Waals surface area contributed by atoms with Crippen molar-refractivity contribution in [2.24, 2.45) is 5.92 Å². The summed E-state index contributed by atoms with van der Waals surface area (Å²) in [6.45, 7) is 7.15. The van der Waals surface area contributed by atoms with Gasteiger partial charge in [-0.3, -0.25) is 14.6 Å². The van der Waals surface area contributed by atoms with Crippen molar-refractivity contribution in [2.75, 3.05) is 45.9 Å². The van der Waals surface area contributed by atoms with Crippen LogP contribution in [0.1, 0.15) is 30.0 Å². The Hall–Kier alpha value is -1.43. The second-order valence-corrected chi connectivity index (χ2v) is 7.13. The summed E-state index contributed by atoms with van der Waals surface area (Å²) in [5, 5.41) is 12.3. The maximum absolute atomic E-state index is 12.5. The van der Waals surface area contributed by atoms with E-state index in [-0.39, 0.29) is 18.6 Å².